The van der Waals surface area contributed by atoms with Crippen molar-refractivity contribution in [1.82, 2.24) is 9.88 Å². The lowest BCUT2D eigenvalue weighted by molar-refractivity contribution is 0.271. The van der Waals surface area contributed by atoms with Gasteiger partial charge in [-0.2, -0.15) is 0 Å². The zero-order chi connectivity index (χ0) is 18.5. The van der Waals surface area contributed by atoms with Crippen molar-refractivity contribution in [2.24, 2.45) is 0 Å². The Labute approximate surface area is 161 Å². The molecule has 1 saturated heterocycles. The van der Waals surface area contributed by atoms with Crippen LogP contribution in [-0.4, -0.2) is 42.6 Å². The third-order valence-electron chi connectivity index (χ3n) is 5.19. The highest BCUT2D eigenvalue weighted by atomic mass is 15.3. The Balaban J connectivity index is 1.63. The fourth-order valence-electron chi connectivity index (χ4n) is 3.59. The number of hydrogen-bond acceptors (Lipinski definition) is 3. The van der Waals surface area contributed by atoms with E-state index < -0.39 is 0 Å². The molecule has 0 N–H and O–H groups in total. The van der Waals surface area contributed by atoms with E-state index in [-0.39, 0.29) is 0 Å². The molecule has 1 aliphatic rings. The molecule has 2 heterocycles. The topological polar surface area (TPSA) is 19.4 Å². The van der Waals surface area contributed by atoms with Crippen molar-refractivity contribution in [3.05, 3.63) is 71.9 Å². The van der Waals surface area contributed by atoms with E-state index in [4.69, 9.17) is 4.98 Å². The number of fused-ring (bicyclic) bond motifs is 1. The zero-order valence-electron chi connectivity index (χ0n) is 15.9. The van der Waals surface area contributed by atoms with Crippen LogP contribution in [0.15, 0.2) is 60.7 Å². The molecule has 0 saturated carbocycles. The molecule has 0 bridgehead atoms. The van der Waals surface area contributed by atoms with Gasteiger partial charge in [0.05, 0.1) is 0 Å². The smallest absolute Gasteiger partial charge is 0.138 e. The van der Waals surface area contributed by atoms with Gasteiger partial charge in [0, 0.05) is 38.0 Å². The first kappa shape index (κ1) is 17.6. The molecule has 3 nitrogen and oxygen atoms in total. The summed E-state index contributed by atoms with van der Waals surface area (Å²) in [6.45, 7) is 7.57. The third-order valence-corrected chi connectivity index (χ3v) is 5.19. The normalized spacial score (nSPS) is 14.8. The van der Waals surface area contributed by atoms with Crippen LogP contribution in [0.4, 0.5) is 5.82 Å². The molecule has 1 aromatic heterocycles. The molecule has 3 heteroatoms. The van der Waals surface area contributed by atoms with Gasteiger partial charge in [0.1, 0.15) is 11.5 Å². The van der Waals surface area contributed by atoms with E-state index in [1.54, 1.807) is 0 Å². The van der Waals surface area contributed by atoms with Crippen molar-refractivity contribution in [2.75, 3.05) is 37.6 Å². The quantitative estimate of drug-likeness (QED) is 0.663. The van der Waals surface area contributed by atoms with Crippen LogP contribution in [0.25, 0.3) is 10.8 Å². The molecule has 0 spiro atoms. The van der Waals surface area contributed by atoms with Gasteiger partial charge in [0.2, 0.25) is 0 Å². The van der Waals surface area contributed by atoms with Crippen LogP contribution in [0, 0.1) is 11.8 Å². The summed E-state index contributed by atoms with van der Waals surface area (Å²) in [6, 6.07) is 21.0. The molecule has 0 unspecified atom stereocenters. The monoisotopic (exact) mass is 355 g/mol. The lowest BCUT2D eigenvalue weighted by Gasteiger charge is -2.35. The first-order chi connectivity index (χ1) is 13.3. The fraction of sp³-hybridized carbons (Fsp3) is 0.292. The van der Waals surface area contributed by atoms with E-state index in [1.807, 2.05) is 6.07 Å². The van der Waals surface area contributed by atoms with Crippen molar-refractivity contribution >= 4 is 16.6 Å². The lowest BCUT2D eigenvalue weighted by atomic mass is 10.1. The summed E-state index contributed by atoms with van der Waals surface area (Å²) in [7, 11) is 0. The van der Waals surface area contributed by atoms with Crippen molar-refractivity contribution in [2.45, 2.75) is 13.3 Å². The maximum atomic E-state index is 4.94. The summed E-state index contributed by atoms with van der Waals surface area (Å²) in [4.78, 5) is 9.84. The highest BCUT2D eigenvalue weighted by Crippen LogP contribution is 2.26. The maximum absolute atomic E-state index is 4.94. The Morgan fingerprint density at radius 3 is 2.44 bits per heavy atom. The molecule has 0 atom stereocenters. The number of benzene rings is 2. The van der Waals surface area contributed by atoms with Crippen molar-refractivity contribution < 1.29 is 0 Å². The van der Waals surface area contributed by atoms with Gasteiger partial charge in [-0.15, -0.1) is 0 Å². The highest BCUT2D eigenvalue weighted by Gasteiger charge is 2.19. The third kappa shape index (κ3) is 4.13. The summed E-state index contributed by atoms with van der Waals surface area (Å²) in [5.41, 5.74) is 2.10. The minimum atomic E-state index is 0.750. The van der Waals surface area contributed by atoms with Crippen LogP contribution in [0.5, 0.6) is 0 Å². The maximum Gasteiger partial charge on any atom is 0.138 e. The molecule has 1 aliphatic heterocycles. The molecule has 0 radical (unpaired) electrons. The Morgan fingerprint density at radius 1 is 0.926 bits per heavy atom. The van der Waals surface area contributed by atoms with Crippen LogP contribution in [0.1, 0.15) is 18.2 Å². The van der Waals surface area contributed by atoms with Crippen molar-refractivity contribution in [3.63, 3.8) is 0 Å². The standard InChI is InChI=1S/C24H25N3/c1-2-26-15-17-27(18-16-26)24-23-14-7-6-12-21(23)19-22(25-24)13-8-11-20-9-4-3-5-10-20/h3-7,9-10,12,14,19H,2,11,15-18H2,1H3. The van der Waals surface area contributed by atoms with Crippen molar-refractivity contribution in [1.29, 1.82) is 0 Å². The molecule has 1 fully saturated rings. The number of aromatic nitrogens is 1. The molecule has 0 amide bonds. The number of piperazine rings is 1. The number of nitrogens with zero attached hydrogens (tertiary/aromatic N) is 3. The van der Waals surface area contributed by atoms with Crippen molar-refractivity contribution in [3.8, 4) is 11.8 Å². The molecule has 2 aromatic carbocycles. The predicted octanol–water partition coefficient (Wildman–Crippen LogP) is 3.97. The number of hydrogen-bond donors (Lipinski definition) is 0. The average Bonchev–Trinajstić information content (AvgIpc) is 2.74. The first-order valence-electron chi connectivity index (χ1n) is 9.73. The van der Waals surface area contributed by atoms with E-state index in [0.717, 1.165) is 50.7 Å². The molecule has 4 rings (SSSR count). The molecule has 27 heavy (non-hydrogen) atoms. The van der Waals surface area contributed by atoms with E-state index in [9.17, 15) is 0 Å². The molecule has 3 aromatic rings. The van der Waals surface area contributed by atoms with Gasteiger partial charge in [0.15, 0.2) is 0 Å². The van der Waals surface area contributed by atoms with E-state index in [0.29, 0.717) is 0 Å². The number of pyridine rings is 1. The first-order valence-corrected chi connectivity index (χ1v) is 9.73. The summed E-state index contributed by atoms with van der Waals surface area (Å²) in [5, 5.41) is 2.43. The summed E-state index contributed by atoms with van der Waals surface area (Å²) < 4.78 is 0. The van der Waals surface area contributed by atoms with E-state index in [2.05, 4.69) is 83.2 Å². The highest BCUT2D eigenvalue weighted by molar-refractivity contribution is 5.93. The minimum absolute atomic E-state index is 0.750. The van der Waals surface area contributed by atoms with Gasteiger partial charge >= 0.3 is 0 Å². The molecule has 0 aliphatic carbocycles. The van der Waals surface area contributed by atoms with Gasteiger partial charge < -0.3 is 9.80 Å². The second-order valence-corrected chi connectivity index (χ2v) is 6.94. The number of likely N-dealkylation sites (N-methyl/N-ethyl adjacent to an activating group) is 1. The fourth-order valence-corrected chi connectivity index (χ4v) is 3.59. The predicted molar refractivity (Wildman–Crippen MR) is 113 cm³/mol. The van der Waals surface area contributed by atoms with Crippen LogP contribution >= 0.6 is 0 Å². The molecular formula is C24H25N3. The van der Waals surface area contributed by atoms with Gasteiger partial charge in [0.25, 0.3) is 0 Å². The number of anilines is 1. The second kappa shape index (κ2) is 8.24. The summed E-state index contributed by atoms with van der Waals surface area (Å²) >= 11 is 0. The Kier molecular flexibility index (Phi) is 5.37. The Morgan fingerprint density at radius 2 is 1.67 bits per heavy atom. The van der Waals surface area contributed by atoms with Gasteiger partial charge in [-0.05, 0) is 29.5 Å². The average molecular weight is 355 g/mol. The Bertz CT molecular complexity index is 961. The largest absolute Gasteiger partial charge is 0.353 e. The zero-order valence-corrected chi connectivity index (χ0v) is 15.9. The van der Waals surface area contributed by atoms with E-state index >= 15 is 0 Å². The second-order valence-electron chi connectivity index (χ2n) is 6.94. The summed E-state index contributed by atoms with van der Waals surface area (Å²) in [6.07, 6.45) is 0.750. The number of rotatable bonds is 3. The molecule has 136 valence electrons. The van der Waals surface area contributed by atoms with Crippen LogP contribution in [0.2, 0.25) is 0 Å². The van der Waals surface area contributed by atoms with E-state index in [1.165, 1.54) is 16.3 Å². The Hall–Kier alpha value is -2.83. The lowest BCUT2D eigenvalue weighted by Crippen LogP contribution is -2.46. The van der Waals surface area contributed by atoms with Gasteiger partial charge in [-0.25, -0.2) is 4.98 Å². The SMILES string of the molecule is CCN1CCN(c2nc(C#CCc3ccccc3)cc3ccccc23)CC1. The van der Waals surface area contributed by atoms with Crippen LogP contribution in [0.3, 0.4) is 0 Å². The van der Waals surface area contributed by atoms with Crippen LogP contribution < -0.4 is 4.90 Å². The minimum Gasteiger partial charge on any atom is -0.353 e. The van der Waals surface area contributed by atoms with Crippen LogP contribution in [-0.2, 0) is 6.42 Å². The van der Waals surface area contributed by atoms with Gasteiger partial charge in [-0.1, -0.05) is 67.4 Å². The molecular weight excluding hydrogens is 330 g/mol. The van der Waals surface area contributed by atoms with Gasteiger partial charge in [-0.3, -0.25) is 0 Å². The summed E-state index contributed by atoms with van der Waals surface area (Å²) in [5.74, 6) is 7.65.